The lowest BCUT2D eigenvalue weighted by Crippen LogP contribution is -2.29. The molecular weight excluding hydrogens is 336 g/mol. The molecule has 0 aliphatic carbocycles. The monoisotopic (exact) mass is 358 g/mol. The zero-order chi connectivity index (χ0) is 18.8. The van der Waals surface area contributed by atoms with Crippen molar-refractivity contribution in [1.29, 1.82) is 0 Å². The van der Waals surface area contributed by atoms with Crippen LogP contribution in [-0.4, -0.2) is 47.6 Å². The zero-order valence-electron chi connectivity index (χ0n) is 14.3. The van der Waals surface area contributed by atoms with Gasteiger partial charge >= 0.3 is 11.9 Å². The molecule has 0 saturated carbocycles. The maximum absolute atomic E-state index is 11.8. The van der Waals surface area contributed by atoms with E-state index >= 15 is 0 Å². The van der Waals surface area contributed by atoms with Crippen molar-refractivity contribution in [2.45, 2.75) is 25.0 Å². The Morgan fingerprint density at radius 2 is 1.04 bits per heavy atom. The fourth-order valence-electron chi connectivity index (χ4n) is 2.24. The molecule has 2 N–H and O–H groups in total. The van der Waals surface area contributed by atoms with Crippen molar-refractivity contribution in [2.75, 3.05) is 13.2 Å². The third kappa shape index (κ3) is 6.31. The summed E-state index contributed by atoms with van der Waals surface area (Å²) in [5.74, 6) is -0.965. The SMILES string of the molecule is O=C(OCC[C@H](O)[C@@H](O)CCOC(=O)c1ccccc1)c1ccccc1. The van der Waals surface area contributed by atoms with E-state index in [4.69, 9.17) is 9.47 Å². The van der Waals surface area contributed by atoms with Crippen molar-refractivity contribution in [3.63, 3.8) is 0 Å². The average Bonchev–Trinajstić information content (AvgIpc) is 2.68. The average molecular weight is 358 g/mol. The molecule has 0 aliphatic heterocycles. The van der Waals surface area contributed by atoms with E-state index < -0.39 is 24.1 Å². The van der Waals surface area contributed by atoms with Crippen LogP contribution in [0.4, 0.5) is 0 Å². The molecule has 26 heavy (non-hydrogen) atoms. The minimum absolute atomic E-state index is 0.0181. The molecule has 138 valence electrons. The van der Waals surface area contributed by atoms with Gasteiger partial charge in [-0.05, 0) is 24.3 Å². The van der Waals surface area contributed by atoms with E-state index in [1.165, 1.54) is 0 Å². The van der Waals surface area contributed by atoms with Crippen LogP contribution in [-0.2, 0) is 9.47 Å². The molecule has 0 heterocycles. The number of hydrogen-bond donors (Lipinski definition) is 2. The molecule has 2 atom stereocenters. The molecule has 0 amide bonds. The smallest absolute Gasteiger partial charge is 0.338 e. The van der Waals surface area contributed by atoms with Crippen LogP contribution in [0.1, 0.15) is 33.6 Å². The molecule has 0 radical (unpaired) electrons. The van der Waals surface area contributed by atoms with E-state index in [1.807, 2.05) is 0 Å². The van der Waals surface area contributed by atoms with Gasteiger partial charge in [0.1, 0.15) is 0 Å². The number of esters is 2. The predicted molar refractivity (Wildman–Crippen MR) is 94.7 cm³/mol. The maximum Gasteiger partial charge on any atom is 0.338 e. The molecule has 2 aromatic carbocycles. The van der Waals surface area contributed by atoms with Crippen molar-refractivity contribution >= 4 is 11.9 Å². The highest BCUT2D eigenvalue weighted by Crippen LogP contribution is 2.08. The first kappa shape index (κ1) is 19.6. The van der Waals surface area contributed by atoms with Gasteiger partial charge in [-0.3, -0.25) is 0 Å². The quantitative estimate of drug-likeness (QED) is 0.668. The summed E-state index contributed by atoms with van der Waals surface area (Å²) >= 11 is 0. The Labute approximate surface area is 152 Å². The number of benzene rings is 2. The number of rotatable bonds is 9. The van der Waals surface area contributed by atoms with Gasteiger partial charge in [0.25, 0.3) is 0 Å². The molecule has 2 aromatic rings. The van der Waals surface area contributed by atoms with E-state index in [0.29, 0.717) is 11.1 Å². The maximum atomic E-state index is 11.8. The van der Waals surface area contributed by atoms with E-state index in [1.54, 1.807) is 60.7 Å². The van der Waals surface area contributed by atoms with Gasteiger partial charge in [-0.2, -0.15) is 0 Å². The van der Waals surface area contributed by atoms with Crippen LogP contribution < -0.4 is 0 Å². The summed E-state index contributed by atoms with van der Waals surface area (Å²) in [6.45, 7) is -0.0362. The lowest BCUT2D eigenvalue weighted by atomic mass is 10.1. The van der Waals surface area contributed by atoms with Crippen molar-refractivity contribution in [3.05, 3.63) is 71.8 Å². The minimum Gasteiger partial charge on any atom is -0.462 e. The molecule has 0 bridgehead atoms. The van der Waals surface area contributed by atoms with Gasteiger partial charge in [-0.15, -0.1) is 0 Å². The lowest BCUT2D eigenvalue weighted by molar-refractivity contribution is -0.0160. The van der Waals surface area contributed by atoms with Crippen molar-refractivity contribution in [1.82, 2.24) is 0 Å². The third-order valence-electron chi connectivity index (χ3n) is 3.76. The Bertz CT molecular complexity index is 624. The molecular formula is C20H22O6. The molecule has 2 rings (SSSR count). The normalized spacial score (nSPS) is 12.8. The lowest BCUT2D eigenvalue weighted by Gasteiger charge is -2.17. The largest absolute Gasteiger partial charge is 0.462 e. The Kier molecular flexibility index (Phi) is 7.79. The molecule has 0 fully saturated rings. The number of hydrogen-bond acceptors (Lipinski definition) is 6. The molecule has 0 saturated heterocycles. The predicted octanol–water partition coefficient (Wildman–Crippen LogP) is 2.20. The van der Waals surface area contributed by atoms with E-state index in [-0.39, 0.29) is 26.1 Å². The van der Waals surface area contributed by atoms with Crippen LogP contribution in [0.3, 0.4) is 0 Å². The first-order valence-electron chi connectivity index (χ1n) is 8.38. The van der Waals surface area contributed by atoms with Crippen LogP contribution >= 0.6 is 0 Å². The second kappa shape index (κ2) is 10.3. The van der Waals surface area contributed by atoms with Crippen molar-refractivity contribution < 1.29 is 29.3 Å². The highest BCUT2D eigenvalue weighted by molar-refractivity contribution is 5.89. The third-order valence-corrected chi connectivity index (χ3v) is 3.76. The summed E-state index contributed by atoms with van der Waals surface area (Å²) in [6.07, 6.45) is -1.97. The number of ether oxygens (including phenoxy) is 2. The summed E-state index contributed by atoms with van der Waals surface area (Å²) in [6, 6.07) is 17.0. The highest BCUT2D eigenvalue weighted by atomic mass is 16.5. The van der Waals surface area contributed by atoms with Crippen LogP contribution in [0.25, 0.3) is 0 Å². The second-order valence-electron chi connectivity index (χ2n) is 5.72. The summed E-state index contributed by atoms with van der Waals surface area (Å²) in [7, 11) is 0. The number of carbonyl (C=O) groups is 2. The fraction of sp³-hybridized carbons (Fsp3) is 0.300. The molecule has 0 aromatic heterocycles. The van der Waals surface area contributed by atoms with Gasteiger partial charge in [0.2, 0.25) is 0 Å². The Balaban J connectivity index is 1.63. The van der Waals surface area contributed by atoms with Gasteiger partial charge in [0.15, 0.2) is 0 Å². The number of aliphatic hydroxyl groups is 2. The fourth-order valence-corrected chi connectivity index (χ4v) is 2.24. The molecule has 6 heteroatoms. The summed E-state index contributed by atoms with van der Waals surface area (Å²) in [5, 5.41) is 19.8. The van der Waals surface area contributed by atoms with Crippen LogP contribution in [0.2, 0.25) is 0 Å². The standard InChI is InChI=1S/C20H22O6/c21-17(11-13-25-19(23)15-7-3-1-4-8-15)18(22)12-14-26-20(24)16-9-5-2-6-10-16/h1-10,17-18,21-22H,11-14H2/t17-,18-/m0/s1. The number of carbonyl (C=O) groups excluding carboxylic acids is 2. The summed E-state index contributed by atoms with van der Waals surface area (Å²) in [5.41, 5.74) is 0.853. The van der Waals surface area contributed by atoms with Crippen LogP contribution in [0.5, 0.6) is 0 Å². The van der Waals surface area contributed by atoms with Crippen molar-refractivity contribution in [3.8, 4) is 0 Å². The van der Waals surface area contributed by atoms with Gasteiger partial charge in [0.05, 0.1) is 36.5 Å². The molecule has 6 nitrogen and oxygen atoms in total. The number of aliphatic hydroxyl groups excluding tert-OH is 2. The molecule has 0 spiro atoms. The van der Waals surface area contributed by atoms with Gasteiger partial charge in [-0.25, -0.2) is 9.59 Å². The summed E-state index contributed by atoms with van der Waals surface area (Å²) in [4.78, 5) is 23.5. The second-order valence-corrected chi connectivity index (χ2v) is 5.72. The topological polar surface area (TPSA) is 93.1 Å². The highest BCUT2D eigenvalue weighted by Gasteiger charge is 2.18. The van der Waals surface area contributed by atoms with E-state index in [9.17, 15) is 19.8 Å². The molecule has 0 unspecified atom stereocenters. The van der Waals surface area contributed by atoms with E-state index in [0.717, 1.165) is 0 Å². The Morgan fingerprint density at radius 3 is 1.38 bits per heavy atom. The first-order chi connectivity index (χ1) is 12.6. The van der Waals surface area contributed by atoms with Crippen LogP contribution in [0.15, 0.2) is 60.7 Å². The van der Waals surface area contributed by atoms with Crippen molar-refractivity contribution in [2.24, 2.45) is 0 Å². The van der Waals surface area contributed by atoms with Crippen LogP contribution in [0, 0.1) is 0 Å². The summed E-state index contributed by atoms with van der Waals surface area (Å²) < 4.78 is 10.1. The minimum atomic E-state index is -1.07. The zero-order valence-corrected chi connectivity index (χ0v) is 14.3. The van der Waals surface area contributed by atoms with Gasteiger partial charge < -0.3 is 19.7 Å². The Hall–Kier alpha value is -2.70. The Morgan fingerprint density at radius 1 is 0.692 bits per heavy atom. The van der Waals surface area contributed by atoms with Gasteiger partial charge in [-0.1, -0.05) is 36.4 Å². The van der Waals surface area contributed by atoms with Gasteiger partial charge in [0, 0.05) is 12.8 Å². The molecule has 0 aliphatic rings. The van der Waals surface area contributed by atoms with E-state index in [2.05, 4.69) is 0 Å². The first-order valence-corrected chi connectivity index (χ1v) is 8.38.